The fourth-order valence-corrected chi connectivity index (χ4v) is 4.41. The van der Waals surface area contributed by atoms with Crippen LogP contribution in [-0.4, -0.2) is 41.4 Å². The maximum Gasteiger partial charge on any atom is 0.332 e. The molecule has 4 rings (SSSR count). The molecule has 7 nitrogen and oxygen atoms in total. The van der Waals surface area contributed by atoms with E-state index in [1.807, 2.05) is 6.92 Å². The van der Waals surface area contributed by atoms with Crippen molar-refractivity contribution in [2.75, 3.05) is 16.8 Å². The van der Waals surface area contributed by atoms with E-state index in [-0.39, 0.29) is 18.4 Å². The lowest BCUT2D eigenvalue weighted by Gasteiger charge is -2.27. The van der Waals surface area contributed by atoms with Crippen molar-refractivity contribution in [2.24, 2.45) is 0 Å². The number of nitrogens with one attached hydrogen (secondary N) is 1. The third-order valence-electron chi connectivity index (χ3n) is 5.88. The Morgan fingerprint density at radius 1 is 1.06 bits per heavy atom. The first-order valence-electron chi connectivity index (χ1n) is 10.9. The van der Waals surface area contributed by atoms with Crippen molar-refractivity contribution < 1.29 is 23.5 Å². The van der Waals surface area contributed by atoms with Crippen LogP contribution in [0.4, 0.5) is 20.6 Å². The largest absolute Gasteiger partial charge is 0.494 e. The van der Waals surface area contributed by atoms with E-state index in [1.165, 1.54) is 24.3 Å². The number of hydrogen-bond donors (Lipinski definition) is 1. The van der Waals surface area contributed by atoms with Gasteiger partial charge in [-0.05, 0) is 68.3 Å². The second kappa shape index (κ2) is 9.38. The Morgan fingerprint density at radius 3 is 2.34 bits per heavy atom. The fraction of sp³-hybridized carbons (Fsp3) is 0.375. The average Bonchev–Trinajstić information content (AvgIpc) is 3.38. The van der Waals surface area contributed by atoms with Crippen LogP contribution in [0.15, 0.2) is 48.5 Å². The highest BCUT2D eigenvalue weighted by molar-refractivity contribution is 6.22. The van der Waals surface area contributed by atoms with Crippen molar-refractivity contribution in [1.82, 2.24) is 4.90 Å². The first kappa shape index (κ1) is 21.8. The second-order valence-electron chi connectivity index (χ2n) is 8.00. The molecule has 1 heterocycles. The van der Waals surface area contributed by atoms with E-state index in [0.29, 0.717) is 23.7 Å². The summed E-state index contributed by atoms with van der Waals surface area (Å²) in [6, 6.07) is 10.8. The molecule has 8 heteroatoms. The number of halogens is 1. The van der Waals surface area contributed by atoms with Crippen molar-refractivity contribution >= 4 is 29.2 Å². The quantitative estimate of drug-likeness (QED) is 0.651. The molecule has 2 aromatic rings. The van der Waals surface area contributed by atoms with Gasteiger partial charge in [0, 0.05) is 11.7 Å². The summed E-state index contributed by atoms with van der Waals surface area (Å²) in [5.74, 6) is -0.573. The highest BCUT2D eigenvalue weighted by Crippen LogP contribution is 2.34. The van der Waals surface area contributed by atoms with Crippen molar-refractivity contribution in [1.29, 1.82) is 0 Å². The Morgan fingerprint density at radius 2 is 1.72 bits per heavy atom. The molecule has 0 unspecified atom stereocenters. The topological polar surface area (TPSA) is 79.0 Å². The van der Waals surface area contributed by atoms with Gasteiger partial charge < -0.3 is 15.0 Å². The van der Waals surface area contributed by atoms with Gasteiger partial charge in [0.1, 0.15) is 17.6 Å². The predicted molar refractivity (Wildman–Crippen MR) is 118 cm³/mol. The third-order valence-corrected chi connectivity index (χ3v) is 5.88. The first-order valence-corrected chi connectivity index (χ1v) is 10.9. The molecular formula is C24H26FN3O4. The summed E-state index contributed by atoms with van der Waals surface area (Å²) in [4.78, 5) is 41.9. The van der Waals surface area contributed by atoms with E-state index in [2.05, 4.69) is 5.32 Å². The molecule has 1 N–H and O–H groups in total. The van der Waals surface area contributed by atoms with Crippen molar-refractivity contribution in [3.05, 3.63) is 54.3 Å². The molecule has 1 aliphatic heterocycles. The lowest BCUT2D eigenvalue weighted by Crippen LogP contribution is -2.43. The van der Waals surface area contributed by atoms with E-state index in [0.717, 1.165) is 30.6 Å². The number of amides is 4. The maximum absolute atomic E-state index is 13.4. The normalized spacial score (nSPS) is 19.0. The van der Waals surface area contributed by atoms with E-state index in [1.54, 1.807) is 29.2 Å². The van der Waals surface area contributed by atoms with Gasteiger partial charge in [0.25, 0.3) is 5.91 Å². The molecule has 2 aromatic carbocycles. The number of ether oxygens (including phenoxy) is 1. The molecule has 0 spiro atoms. The highest BCUT2D eigenvalue weighted by atomic mass is 19.1. The summed E-state index contributed by atoms with van der Waals surface area (Å²) in [5.41, 5.74) is 0.886. The summed E-state index contributed by atoms with van der Waals surface area (Å²) in [6.45, 7) is 2.44. The number of carbonyl (C=O) groups excluding carboxylic acids is 3. The molecule has 168 valence electrons. The van der Waals surface area contributed by atoms with E-state index in [9.17, 15) is 18.8 Å². The fourth-order valence-electron chi connectivity index (χ4n) is 4.41. The van der Waals surface area contributed by atoms with Gasteiger partial charge in [0.2, 0.25) is 5.91 Å². The van der Waals surface area contributed by atoms with Crippen molar-refractivity contribution in [2.45, 2.75) is 51.1 Å². The Balaban J connectivity index is 1.52. The molecule has 32 heavy (non-hydrogen) atoms. The van der Waals surface area contributed by atoms with Gasteiger partial charge in [-0.3, -0.25) is 9.59 Å². The molecule has 4 amide bonds. The summed E-state index contributed by atoms with van der Waals surface area (Å²) < 4.78 is 18.8. The molecule has 2 aliphatic rings. The van der Waals surface area contributed by atoms with Crippen molar-refractivity contribution in [3.8, 4) is 5.75 Å². The van der Waals surface area contributed by atoms with Gasteiger partial charge in [-0.15, -0.1) is 0 Å². The Hall–Kier alpha value is -3.42. The molecular weight excluding hydrogens is 413 g/mol. The minimum absolute atomic E-state index is 0.0832. The van der Waals surface area contributed by atoms with Crippen LogP contribution in [0, 0.1) is 5.82 Å². The summed E-state index contributed by atoms with van der Waals surface area (Å²) >= 11 is 0. The maximum atomic E-state index is 13.4. The molecule has 2 fully saturated rings. The van der Waals surface area contributed by atoms with E-state index < -0.39 is 23.8 Å². The number of urea groups is 1. The van der Waals surface area contributed by atoms with Gasteiger partial charge in [-0.2, -0.15) is 0 Å². The van der Waals surface area contributed by atoms with Gasteiger partial charge in [-0.25, -0.2) is 14.1 Å². The molecule has 0 bridgehead atoms. The zero-order chi connectivity index (χ0) is 22.7. The lowest BCUT2D eigenvalue weighted by molar-refractivity contribution is -0.124. The second-order valence-corrected chi connectivity index (χ2v) is 8.00. The number of nitrogens with zero attached hydrogens (tertiary/aromatic N) is 2. The third kappa shape index (κ3) is 4.44. The number of anilines is 2. The number of carbonyl (C=O) groups is 3. The smallest absolute Gasteiger partial charge is 0.332 e. The summed E-state index contributed by atoms with van der Waals surface area (Å²) in [6.07, 6.45) is 3.40. The monoisotopic (exact) mass is 439 g/mol. The number of hydrogen-bond acceptors (Lipinski definition) is 4. The Kier molecular flexibility index (Phi) is 6.39. The molecule has 1 aliphatic carbocycles. The Bertz CT molecular complexity index is 987. The Labute approximate surface area is 186 Å². The van der Waals surface area contributed by atoms with Crippen LogP contribution in [0.2, 0.25) is 0 Å². The van der Waals surface area contributed by atoms with Crippen LogP contribution < -0.4 is 15.0 Å². The standard InChI is InChI=1S/C24H26FN3O4/c1-2-32-20-13-9-17(10-14-20)26-22(29)15-21-23(30)28(19-11-7-16(25)8-12-19)24(31)27(21)18-5-3-4-6-18/h7-14,18,21H,2-6,15H2,1H3,(H,26,29)/t21-/m0/s1. The van der Waals surface area contributed by atoms with Crippen LogP contribution in [-0.2, 0) is 9.59 Å². The SMILES string of the molecule is CCOc1ccc(NC(=O)C[C@H]2C(=O)N(c3ccc(F)cc3)C(=O)N2C2CCCC2)cc1. The molecule has 0 radical (unpaired) electrons. The summed E-state index contributed by atoms with van der Waals surface area (Å²) in [5, 5.41) is 2.79. The van der Waals surface area contributed by atoms with Gasteiger partial charge in [-0.1, -0.05) is 12.8 Å². The van der Waals surface area contributed by atoms with Gasteiger partial charge in [0.15, 0.2) is 0 Å². The number of benzene rings is 2. The van der Waals surface area contributed by atoms with Gasteiger partial charge >= 0.3 is 6.03 Å². The highest BCUT2D eigenvalue weighted by Gasteiger charge is 2.49. The van der Waals surface area contributed by atoms with Crippen LogP contribution in [0.1, 0.15) is 39.0 Å². The number of rotatable bonds is 7. The average molecular weight is 439 g/mol. The zero-order valence-corrected chi connectivity index (χ0v) is 17.9. The predicted octanol–water partition coefficient (Wildman–Crippen LogP) is 4.33. The van der Waals surface area contributed by atoms with Crippen LogP contribution in [0.3, 0.4) is 0 Å². The van der Waals surface area contributed by atoms with Gasteiger partial charge in [0.05, 0.1) is 18.7 Å². The minimum atomic E-state index is -0.890. The van der Waals surface area contributed by atoms with Crippen LogP contribution in [0.25, 0.3) is 0 Å². The van der Waals surface area contributed by atoms with E-state index >= 15 is 0 Å². The molecule has 0 aromatic heterocycles. The van der Waals surface area contributed by atoms with Crippen LogP contribution in [0.5, 0.6) is 5.75 Å². The summed E-state index contributed by atoms with van der Waals surface area (Å²) in [7, 11) is 0. The minimum Gasteiger partial charge on any atom is -0.494 e. The molecule has 1 saturated carbocycles. The number of imide groups is 1. The zero-order valence-electron chi connectivity index (χ0n) is 17.9. The van der Waals surface area contributed by atoms with E-state index in [4.69, 9.17) is 4.74 Å². The molecule has 1 saturated heterocycles. The van der Waals surface area contributed by atoms with Crippen LogP contribution >= 0.6 is 0 Å². The molecule has 1 atom stereocenters. The van der Waals surface area contributed by atoms with Crippen molar-refractivity contribution in [3.63, 3.8) is 0 Å². The first-order chi connectivity index (χ1) is 15.5. The lowest BCUT2D eigenvalue weighted by atomic mass is 10.1.